The number of aromatic nitrogens is 1. The maximum absolute atomic E-state index is 12.0. The number of alkyl halides is 2. The van der Waals surface area contributed by atoms with Gasteiger partial charge in [0, 0.05) is 18.8 Å². The van der Waals surface area contributed by atoms with E-state index in [9.17, 15) is 8.78 Å². The summed E-state index contributed by atoms with van der Waals surface area (Å²) in [5.74, 6) is 0.168. The average Bonchev–Trinajstić information content (AvgIpc) is 2.46. The van der Waals surface area contributed by atoms with E-state index in [4.69, 9.17) is 0 Å². The molecule has 1 atom stereocenters. The molecule has 0 aliphatic rings. The topological polar surface area (TPSA) is 34.1 Å². The molecule has 0 radical (unpaired) electrons. The maximum atomic E-state index is 12.0. The van der Waals surface area contributed by atoms with Crippen LogP contribution in [0.5, 0.6) is 5.75 Å². The minimum absolute atomic E-state index is 0.119. The molecule has 1 heterocycles. The third-order valence-electron chi connectivity index (χ3n) is 2.89. The Bertz CT molecular complexity index is 517. The van der Waals surface area contributed by atoms with Crippen LogP contribution in [0.25, 0.3) is 0 Å². The lowest BCUT2D eigenvalue weighted by Gasteiger charge is -2.13. The van der Waals surface area contributed by atoms with E-state index in [2.05, 4.69) is 15.0 Å². The lowest BCUT2D eigenvalue weighted by molar-refractivity contribution is -0.0498. The van der Waals surface area contributed by atoms with Crippen molar-refractivity contribution in [3.05, 3.63) is 59.9 Å². The molecule has 0 spiro atoms. The van der Waals surface area contributed by atoms with Crippen molar-refractivity contribution in [2.24, 2.45) is 0 Å². The Kier molecular flexibility index (Phi) is 5.01. The molecule has 2 rings (SSSR count). The molecule has 3 nitrogen and oxygen atoms in total. The summed E-state index contributed by atoms with van der Waals surface area (Å²) < 4.78 is 28.3. The number of nitrogens with one attached hydrogen (secondary N) is 1. The van der Waals surface area contributed by atoms with Crippen LogP contribution in [0.4, 0.5) is 8.78 Å². The molecule has 106 valence electrons. The lowest BCUT2D eigenvalue weighted by atomic mass is 10.1. The van der Waals surface area contributed by atoms with Gasteiger partial charge in [-0.2, -0.15) is 8.78 Å². The van der Waals surface area contributed by atoms with Crippen LogP contribution in [-0.2, 0) is 6.54 Å². The van der Waals surface area contributed by atoms with E-state index in [1.165, 1.54) is 12.1 Å². The summed E-state index contributed by atoms with van der Waals surface area (Å²) in [5.41, 5.74) is 1.96. The first-order valence-corrected chi connectivity index (χ1v) is 6.33. The van der Waals surface area contributed by atoms with Gasteiger partial charge in [-0.3, -0.25) is 4.98 Å². The van der Waals surface area contributed by atoms with E-state index in [1.54, 1.807) is 18.3 Å². The van der Waals surface area contributed by atoms with Crippen LogP contribution in [0.15, 0.2) is 48.7 Å². The molecule has 1 N–H and O–H groups in total. The van der Waals surface area contributed by atoms with Crippen molar-refractivity contribution in [2.75, 3.05) is 0 Å². The third-order valence-corrected chi connectivity index (χ3v) is 2.89. The normalized spacial score (nSPS) is 12.4. The van der Waals surface area contributed by atoms with Gasteiger partial charge in [-0.1, -0.05) is 18.2 Å². The third kappa shape index (κ3) is 4.28. The van der Waals surface area contributed by atoms with Crippen LogP contribution < -0.4 is 10.1 Å². The van der Waals surface area contributed by atoms with Gasteiger partial charge in [0.1, 0.15) is 5.75 Å². The molecule has 1 aromatic heterocycles. The Labute approximate surface area is 116 Å². The highest BCUT2D eigenvalue weighted by molar-refractivity contribution is 5.27. The molecule has 1 unspecified atom stereocenters. The van der Waals surface area contributed by atoms with Gasteiger partial charge in [0.2, 0.25) is 0 Å². The van der Waals surface area contributed by atoms with Gasteiger partial charge in [-0.05, 0) is 36.8 Å². The molecule has 0 aliphatic heterocycles. The van der Waals surface area contributed by atoms with Gasteiger partial charge < -0.3 is 10.1 Å². The number of hydrogen-bond donors (Lipinski definition) is 1. The van der Waals surface area contributed by atoms with E-state index < -0.39 is 6.61 Å². The quantitative estimate of drug-likeness (QED) is 0.877. The van der Waals surface area contributed by atoms with Crippen LogP contribution in [0.2, 0.25) is 0 Å². The minimum Gasteiger partial charge on any atom is -0.435 e. The monoisotopic (exact) mass is 278 g/mol. The second-order valence-corrected chi connectivity index (χ2v) is 4.38. The maximum Gasteiger partial charge on any atom is 0.387 e. The van der Waals surface area contributed by atoms with Crippen LogP contribution in [0.1, 0.15) is 24.2 Å². The van der Waals surface area contributed by atoms with Crippen molar-refractivity contribution in [1.29, 1.82) is 0 Å². The number of nitrogens with zero attached hydrogens (tertiary/aromatic N) is 1. The number of benzene rings is 1. The Morgan fingerprint density at radius 2 is 1.90 bits per heavy atom. The zero-order chi connectivity index (χ0) is 14.4. The number of hydrogen-bond acceptors (Lipinski definition) is 3. The SMILES string of the molecule is CC(NCc1ccc(OC(F)F)cc1)c1ccccn1. The highest BCUT2D eigenvalue weighted by Crippen LogP contribution is 2.16. The number of pyridine rings is 1. The van der Waals surface area contributed by atoms with Gasteiger partial charge in [-0.15, -0.1) is 0 Å². The van der Waals surface area contributed by atoms with Crippen molar-refractivity contribution in [3.8, 4) is 5.75 Å². The first-order valence-electron chi connectivity index (χ1n) is 6.33. The smallest absolute Gasteiger partial charge is 0.387 e. The molecule has 5 heteroatoms. The number of halogens is 2. The van der Waals surface area contributed by atoms with E-state index in [0.717, 1.165) is 11.3 Å². The van der Waals surface area contributed by atoms with Crippen LogP contribution in [-0.4, -0.2) is 11.6 Å². The molecule has 0 amide bonds. The Morgan fingerprint density at radius 1 is 1.15 bits per heavy atom. The lowest BCUT2D eigenvalue weighted by Crippen LogP contribution is -2.18. The Hall–Kier alpha value is -2.01. The largest absolute Gasteiger partial charge is 0.435 e. The Morgan fingerprint density at radius 3 is 2.50 bits per heavy atom. The van der Waals surface area contributed by atoms with Crippen molar-refractivity contribution in [3.63, 3.8) is 0 Å². The predicted octanol–water partition coefficient (Wildman–Crippen LogP) is 3.53. The summed E-state index contributed by atoms with van der Waals surface area (Å²) >= 11 is 0. The number of ether oxygens (including phenoxy) is 1. The average molecular weight is 278 g/mol. The number of rotatable bonds is 6. The second-order valence-electron chi connectivity index (χ2n) is 4.38. The summed E-state index contributed by atoms with van der Waals surface area (Å²) in [4.78, 5) is 4.27. The fourth-order valence-electron chi connectivity index (χ4n) is 1.80. The molecule has 0 fully saturated rings. The van der Waals surface area contributed by atoms with Gasteiger partial charge in [0.25, 0.3) is 0 Å². The van der Waals surface area contributed by atoms with Crippen molar-refractivity contribution < 1.29 is 13.5 Å². The van der Waals surface area contributed by atoms with Crippen LogP contribution in [0, 0.1) is 0 Å². The molecule has 0 saturated carbocycles. The minimum atomic E-state index is -2.79. The summed E-state index contributed by atoms with van der Waals surface area (Å²) in [6.45, 7) is -0.133. The van der Waals surface area contributed by atoms with Gasteiger partial charge >= 0.3 is 6.61 Å². The van der Waals surface area contributed by atoms with E-state index in [-0.39, 0.29) is 11.8 Å². The standard InChI is InChI=1S/C15H16F2N2O/c1-11(14-4-2-3-9-18-14)19-10-12-5-7-13(8-6-12)20-15(16)17/h2-9,11,15,19H,10H2,1H3. The van der Waals surface area contributed by atoms with Crippen molar-refractivity contribution >= 4 is 0 Å². The molecular formula is C15H16F2N2O. The van der Waals surface area contributed by atoms with E-state index in [0.29, 0.717) is 6.54 Å². The van der Waals surface area contributed by atoms with E-state index in [1.807, 2.05) is 25.1 Å². The molecule has 2 aromatic rings. The first kappa shape index (κ1) is 14.4. The van der Waals surface area contributed by atoms with Crippen molar-refractivity contribution in [1.82, 2.24) is 10.3 Å². The van der Waals surface area contributed by atoms with Crippen molar-refractivity contribution in [2.45, 2.75) is 26.1 Å². The molecule has 0 bridgehead atoms. The van der Waals surface area contributed by atoms with E-state index >= 15 is 0 Å². The molecule has 1 aromatic carbocycles. The van der Waals surface area contributed by atoms with Gasteiger partial charge in [0.15, 0.2) is 0 Å². The van der Waals surface area contributed by atoms with Gasteiger partial charge in [0.05, 0.1) is 5.69 Å². The first-order chi connectivity index (χ1) is 9.65. The highest BCUT2D eigenvalue weighted by Gasteiger charge is 2.06. The molecule has 0 aliphatic carbocycles. The van der Waals surface area contributed by atoms with Crippen LogP contribution in [0.3, 0.4) is 0 Å². The molecule has 0 saturated heterocycles. The zero-order valence-electron chi connectivity index (χ0n) is 11.1. The highest BCUT2D eigenvalue weighted by atomic mass is 19.3. The summed E-state index contributed by atoms with van der Waals surface area (Å²) in [6.07, 6.45) is 1.75. The fourth-order valence-corrected chi connectivity index (χ4v) is 1.80. The fraction of sp³-hybridized carbons (Fsp3) is 0.267. The summed E-state index contributed by atoms with van der Waals surface area (Å²) in [6, 6.07) is 12.5. The summed E-state index contributed by atoms with van der Waals surface area (Å²) in [5, 5.41) is 3.32. The Balaban J connectivity index is 1.88. The molecular weight excluding hydrogens is 262 g/mol. The summed E-state index contributed by atoms with van der Waals surface area (Å²) in [7, 11) is 0. The van der Waals surface area contributed by atoms with Crippen LogP contribution >= 0.6 is 0 Å². The molecule has 20 heavy (non-hydrogen) atoms. The zero-order valence-corrected chi connectivity index (χ0v) is 11.1. The predicted molar refractivity (Wildman–Crippen MR) is 72.6 cm³/mol. The second kappa shape index (κ2) is 6.96. The van der Waals surface area contributed by atoms with Gasteiger partial charge in [-0.25, -0.2) is 0 Å².